The summed E-state index contributed by atoms with van der Waals surface area (Å²) >= 11 is 0. The van der Waals surface area contributed by atoms with E-state index in [1.165, 1.54) is 0 Å². The first-order chi connectivity index (χ1) is 8.60. The zero-order valence-electron chi connectivity index (χ0n) is 10.3. The molecule has 1 aromatic heterocycles. The second-order valence-electron chi connectivity index (χ2n) is 3.95. The number of nitrogens with zero attached hydrogens (tertiary/aromatic N) is 4. The van der Waals surface area contributed by atoms with Crippen LogP contribution in [0.5, 0.6) is 0 Å². The molecule has 5 heteroatoms. The van der Waals surface area contributed by atoms with Crippen LogP contribution < -0.4 is 10.6 Å². The first-order valence-electron chi connectivity index (χ1n) is 5.45. The Kier molecular flexibility index (Phi) is 3.11. The maximum Gasteiger partial charge on any atom is 0.222 e. The van der Waals surface area contributed by atoms with Gasteiger partial charge in [-0.1, -0.05) is 6.07 Å². The van der Waals surface area contributed by atoms with Gasteiger partial charge in [-0.2, -0.15) is 10.2 Å². The summed E-state index contributed by atoms with van der Waals surface area (Å²) in [6, 6.07) is 11.3. The number of hydrogen-bond donors (Lipinski definition) is 1. The summed E-state index contributed by atoms with van der Waals surface area (Å²) in [6.07, 6.45) is 0. The molecule has 2 N–H and O–H groups in total. The number of aryl methyl sites for hydroxylation is 1. The quantitative estimate of drug-likeness (QED) is 0.867. The zero-order chi connectivity index (χ0) is 13.1. The first kappa shape index (κ1) is 11.9. The van der Waals surface area contributed by atoms with E-state index in [2.05, 4.69) is 16.0 Å². The molecule has 0 saturated carbocycles. The number of benzene rings is 1. The van der Waals surface area contributed by atoms with E-state index in [9.17, 15) is 0 Å². The molecule has 0 aliphatic heterocycles. The van der Waals surface area contributed by atoms with E-state index in [0.717, 1.165) is 11.4 Å². The average molecular weight is 239 g/mol. The third kappa shape index (κ3) is 2.38. The van der Waals surface area contributed by atoms with Crippen LogP contribution in [0.1, 0.15) is 11.3 Å². The molecule has 0 radical (unpaired) electrons. The molecule has 0 fully saturated rings. The van der Waals surface area contributed by atoms with E-state index in [1.54, 1.807) is 12.1 Å². The maximum atomic E-state index is 8.89. The lowest BCUT2D eigenvalue weighted by atomic mass is 10.2. The molecule has 0 saturated heterocycles. The number of hydrogen-bond acceptors (Lipinski definition) is 5. The molecule has 0 spiro atoms. The molecule has 2 rings (SSSR count). The molecule has 0 amide bonds. The van der Waals surface area contributed by atoms with E-state index in [-0.39, 0.29) is 5.95 Å². The summed E-state index contributed by atoms with van der Waals surface area (Å²) in [7, 11) is 1.87. The number of anilines is 3. The molecule has 2 aromatic rings. The van der Waals surface area contributed by atoms with Crippen molar-refractivity contribution < 1.29 is 0 Å². The Bertz CT molecular complexity index is 595. The van der Waals surface area contributed by atoms with Gasteiger partial charge in [0.15, 0.2) is 0 Å². The van der Waals surface area contributed by atoms with Gasteiger partial charge in [0, 0.05) is 24.5 Å². The Labute approximate surface area is 106 Å². The van der Waals surface area contributed by atoms with Gasteiger partial charge in [-0.05, 0) is 25.1 Å². The van der Waals surface area contributed by atoms with Crippen LogP contribution in [0.3, 0.4) is 0 Å². The molecule has 1 heterocycles. The Balaban J connectivity index is 2.41. The van der Waals surface area contributed by atoms with E-state index in [4.69, 9.17) is 11.0 Å². The van der Waals surface area contributed by atoms with Crippen molar-refractivity contribution in [2.75, 3.05) is 17.7 Å². The van der Waals surface area contributed by atoms with Gasteiger partial charge in [0.05, 0.1) is 11.6 Å². The highest BCUT2D eigenvalue weighted by atomic mass is 15.2. The van der Waals surface area contributed by atoms with Gasteiger partial charge in [-0.15, -0.1) is 0 Å². The highest BCUT2D eigenvalue weighted by molar-refractivity contribution is 5.61. The number of aromatic nitrogens is 2. The van der Waals surface area contributed by atoms with Crippen LogP contribution in [0.2, 0.25) is 0 Å². The van der Waals surface area contributed by atoms with Crippen molar-refractivity contribution >= 4 is 17.5 Å². The number of nitriles is 1. The fourth-order valence-electron chi connectivity index (χ4n) is 1.66. The molecule has 90 valence electrons. The maximum absolute atomic E-state index is 8.89. The van der Waals surface area contributed by atoms with Crippen LogP contribution in [0, 0.1) is 18.3 Å². The SMILES string of the molecule is Cc1cc(N(C)c2cccc(C#N)c2)nc(N)n1. The fraction of sp³-hybridized carbons (Fsp3) is 0.154. The van der Waals surface area contributed by atoms with Crippen LogP contribution >= 0.6 is 0 Å². The van der Waals surface area contributed by atoms with E-state index in [1.807, 2.05) is 37.1 Å². The van der Waals surface area contributed by atoms with Crippen LogP contribution in [-0.4, -0.2) is 17.0 Å². The highest BCUT2D eigenvalue weighted by Gasteiger charge is 2.08. The number of nitrogen functional groups attached to an aromatic ring is 1. The molecule has 0 unspecified atom stereocenters. The van der Waals surface area contributed by atoms with Crippen LogP contribution in [0.15, 0.2) is 30.3 Å². The van der Waals surface area contributed by atoms with Gasteiger partial charge in [0.25, 0.3) is 0 Å². The molecule has 0 bridgehead atoms. The van der Waals surface area contributed by atoms with E-state index >= 15 is 0 Å². The van der Waals surface area contributed by atoms with Crippen molar-refractivity contribution in [1.29, 1.82) is 5.26 Å². The predicted molar refractivity (Wildman–Crippen MR) is 70.4 cm³/mol. The predicted octanol–water partition coefficient (Wildman–Crippen LogP) is 2.01. The van der Waals surface area contributed by atoms with Gasteiger partial charge in [0.2, 0.25) is 5.95 Å². The minimum atomic E-state index is 0.244. The second kappa shape index (κ2) is 4.72. The van der Waals surface area contributed by atoms with Crippen LogP contribution in [0.25, 0.3) is 0 Å². The second-order valence-corrected chi connectivity index (χ2v) is 3.95. The Hall–Kier alpha value is -2.61. The summed E-state index contributed by atoms with van der Waals surface area (Å²) in [4.78, 5) is 10.1. The van der Waals surface area contributed by atoms with E-state index < -0.39 is 0 Å². The number of nitrogens with two attached hydrogens (primary N) is 1. The minimum Gasteiger partial charge on any atom is -0.368 e. The normalized spacial score (nSPS) is 9.83. The lowest BCUT2D eigenvalue weighted by Crippen LogP contribution is -2.13. The Morgan fingerprint density at radius 2 is 2.06 bits per heavy atom. The molecular weight excluding hydrogens is 226 g/mol. The summed E-state index contributed by atoms with van der Waals surface area (Å²) in [5.41, 5.74) is 7.93. The van der Waals surface area contributed by atoms with Gasteiger partial charge >= 0.3 is 0 Å². The molecular formula is C13H13N5. The summed E-state index contributed by atoms with van der Waals surface area (Å²) in [5.74, 6) is 0.948. The molecule has 0 aliphatic carbocycles. The molecule has 1 aromatic carbocycles. The largest absolute Gasteiger partial charge is 0.368 e. The zero-order valence-corrected chi connectivity index (χ0v) is 10.3. The van der Waals surface area contributed by atoms with Crippen molar-refractivity contribution in [2.45, 2.75) is 6.92 Å². The van der Waals surface area contributed by atoms with Crippen LogP contribution in [0.4, 0.5) is 17.5 Å². The van der Waals surface area contributed by atoms with Gasteiger partial charge in [0.1, 0.15) is 5.82 Å². The number of rotatable bonds is 2. The minimum absolute atomic E-state index is 0.244. The fourth-order valence-corrected chi connectivity index (χ4v) is 1.66. The summed E-state index contributed by atoms with van der Waals surface area (Å²) in [5, 5.41) is 8.89. The Morgan fingerprint density at radius 3 is 2.72 bits per heavy atom. The van der Waals surface area contributed by atoms with Crippen molar-refractivity contribution in [1.82, 2.24) is 9.97 Å². The lowest BCUT2D eigenvalue weighted by Gasteiger charge is -2.18. The van der Waals surface area contributed by atoms with Crippen molar-refractivity contribution in [3.8, 4) is 6.07 Å². The van der Waals surface area contributed by atoms with E-state index in [0.29, 0.717) is 11.4 Å². The highest BCUT2D eigenvalue weighted by Crippen LogP contribution is 2.23. The molecule has 18 heavy (non-hydrogen) atoms. The monoisotopic (exact) mass is 239 g/mol. The summed E-state index contributed by atoms with van der Waals surface area (Å²) in [6.45, 7) is 1.86. The topological polar surface area (TPSA) is 78.8 Å². The third-order valence-corrected chi connectivity index (χ3v) is 2.56. The molecule has 0 atom stereocenters. The third-order valence-electron chi connectivity index (χ3n) is 2.56. The lowest BCUT2D eigenvalue weighted by molar-refractivity contribution is 1.06. The molecule has 0 aliphatic rings. The van der Waals surface area contributed by atoms with Crippen LogP contribution in [-0.2, 0) is 0 Å². The van der Waals surface area contributed by atoms with Crippen molar-refractivity contribution in [3.63, 3.8) is 0 Å². The smallest absolute Gasteiger partial charge is 0.222 e. The van der Waals surface area contributed by atoms with Gasteiger partial charge < -0.3 is 10.6 Å². The van der Waals surface area contributed by atoms with Crippen molar-refractivity contribution in [3.05, 3.63) is 41.6 Å². The average Bonchev–Trinajstić information content (AvgIpc) is 2.37. The Morgan fingerprint density at radius 1 is 1.28 bits per heavy atom. The van der Waals surface area contributed by atoms with Gasteiger partial charge in [-0.3, -0.25) is 0 Å². The van der Waals surface area contributed by atoms with Gasteiger partial charge in [-0.25, -0.2) is 4.98 Å². The summed E-state index contributed by atoms with van der Waals surface area (Å²) < 4.78 is 0. The standard InChI is InChI=1S/C13H13N5/c1-9-6-12(17-13(15)16-9)18(2)11-5-3-4-10(7-11)8-14/h3-7H,1-2H3,(H2,15,16,17). The van der Waals surface area contributed by atoms with Crippen molar-refractivity contribution in [2.24, 2.45) is 0 Å². The molecule has 5 nitrogen and oxygen atoms in total. The first-order valence-corrected chi connectivity index (χ1v) is 5.45.